The molecular formula is C16H21N3O. The normalized spacial score (nSPS) is 10.7. The fourth-order valence-electron chi connectivity index (χ4n) is 2.24. The number of nitrogens with two attached hydrogens (primary N) is 1. The van der Waals surface area contributed by atoms with Crippen molar-refractivity contribution in [2.24, 2.45) is 5.73 Å². The van der Waals surface area contributed by atoms with Gasteiger partial charge in [-0.05, 0) is 50.1 Å². The standard InChI is InChI=1S/C16H21N3O/c1-12-8-9-14(13-6-5-11-18-16(12)13)19-15(20)7-3-2-4-10-17/h5-6,8-9,11H,2-4,7,10,17H2,1H3,(H,19,20). The number of benzene rings is 1. The van der Waals surface area contributed by atoms with Crippen molar-refractivity contribution in [2.75, 3.05) is 11.9 Å². The highest BCUT2D eigenvalue weighted by Gasteiger charge is 2.07. The first-order chi connectivity index (χ1) is 9.72. The third-order valence-electron chi connectivity index (χ3n) is 3.35. The van der Waals surface area contributed by atoms with Crippen molar-refractivity contribution in [1.29, 1.82) is 0 Å². The molecule has 3 N–H and O–H groups in total. The van der Waals surface area contributed by atoms with Crippen LogP contribution < -0.4 is 11.1 Å². The van der Waals surface area contributed by atoms with Crippen LogP contribution in [0.2, 0.25) is 0 Å². The number of unbranched alkanes of at least 4 members (excludes halogenated alkanes) is 2. The molecule has 0 aliphatic heterocycles. The lowest BCUT2D eigenvalue weighted by atomic mass is 10.1. The molecule has 1 aromatic carbocycles. The van der Waals surface area contributed by atoms with E-state index in [1.807, 2.05) is 31.2 Å². The number of carbonyl (C=O) groups is 1. The lowest BCUT2D eigenvalue weighted by Gasteiger charge is -2.10. The van der Waals surface area contributed by atoms with Crippen molar-refractivity contribution in [1.82, 2.24) is 4.98 Å². The summed E-state index contributed by atoms with van der Waals surface area (Å²) in [7, 11) is 0. The molecule has 0 fully saturated rings. The summed E-state index contributed by atoms with van der Waals surface area (Å²) in [6.07, 6.45) is 5.17. The van der Waals surface area contributed by atoms with Crippen molar-refractivity contribution >= 4 is 22.5 Å². The summed E-state index contributed by atoms with van der Waals surface area (Å²) in [5.74, 6) is 0.0519. The van der Waals surface area contributed by atoms with Gasteiger partial charge in [0.25, 0.3) is 0 Å². The molecular weight excluding hydrogens is 250 g/mol. The summed E-state index contributed by atoms with van der Waals surface area (Å²) < 4.78 is 0. The molecule has 0 spiro atoms. The number of nitrogens with zero attached hydrogens (tertiary/aromatic N) is 1. The van der Waals surface area contributed by atoms with E-state index < -0.39 is 0 Å². The molecule has 1 amide bonds. The lowest BCUT2D eigenvalue weighted by molar-refractivity contribution is -0.116. The van der Waals surface area contributed by atoms with Crippen molar-refractivity contribution in [2.45, 2.75) is 32.6 Å². The van der Waals surface area contributed by atoms with Gasteiger partial charge in [0.2, 0.25) is 5.91 Å². The van der Waals surface area contributed by atoms with E-state index in [1.54, 1.807) is 6.20 Å². The van der Waals surface area contributed by atoms with Gasteiger partial charge < -0.3 is 11.1 Å². The van der Waals surface area contributed by atoms with Gasteiger partial charge in [0.1, 0.15) is 0 Å². The topological polar surface area (TPSA) is 68.0 Å². The fourth-order valence-corrected chi connectivity index (χ4v) is 2.24. The summed E-state index contributed by atoms with van der Waals surface area (Å²) in [5.41, 5.74) is 8.32. The van der Waals surface area contributed by atoms with Gasteiger partial charge in [-0.3, -0.25) is 9.78 Å². The fraction of sp³-hybridized carbons (Fsp3) is 0.375. The molecule has 4 nitrogen and oxygen atoms in total. The lowest BCUT2D eigenvalue weighted by Crippen LogP contribution is -2.12. The molecule has 0 atom stereocenters. The minimum atomic E-state index is 0.0519. The van der Waals surface area contributed by atoms with Crippen LogP contribution in [0.3, 0.4) is 0 Å². The van der Waals surface area contributed by atoms with Crippen LogP contribution in [0.1, 0.15) is 31.2 Å². The van der Waals surface area contributed by atoms with Gasteiger partial charge in [0, 0.05) is 18.0 Å². The van der Waals surface area contributed by atoms with Gasteiger partial charge in [-0.25, -0.2) is 0 Å². The van der Waals surface area contributed by atoms with Crippen LogP contribution in [-0.2, 0) is 4.79 Å². The number of anilines is 1. The Kier molecular flexibility index (Phi) is 5.07. The van der Waals surface area contributed by atoms with Crippen LogP contribution in [0.5, 0.6) is 0 Å². The molecule has 1 heterocycles. The van der Waals surface area contributed by atoms with E-state index in [9.17, 15) is 4.79 Å². The number of aromatic nitrogens is 1. The Morgan fingerprint density at radius 3 is 2.90 bits per heavy atom. The van der Waals surface area contributed by atoms with Crippen LogP contribution >= 0.6 is 0 Å². The first kappa shape index (κ1) is 14.5. The average molecular weight is 271 g/mol. The average Bonchev–Trinajstić information content (AvgIpc) is 2.47. The van der Waals surface area contributed by atoms with E-state index in [2.05, 4.69) is 10.3 Å². The number of nitrogens with one attached hydrogen (secondary N) is 1. The maximum absolute atomic E-state index is 11.9. The monoisotopic (exact) mass is 271 g/mol. The first-order valence-electron chi connectivity index (χ1n) is 7.06. The van der Waals surface area contributed by atoms with E-state index in [4.69, 9.17) is 5.73 Å². The van der Waals surface area contributed by atoms with Gasteiger partial charge in [0.15, 0.2) is 0 Å². The first-order valence-corrected chi connectivity index (χ1v) is 7.06. The molecule has 0 aliphatic rings. The van der Waals surface area contributed by atoms with Gasteiger partial charge in [0.05, 0.1) is 11.2 Å². The maximum atomic E-state index is 11.9. The van der Waals surface area contributed by atoms with E-state index >= 15 is 0 Å². The summed E-state index contributed by atoms with van der Waals surface area (Å²) in [6.45, 7) is 2.71. The molecule has 106 valence electrons. The Morgan fingerprint density at radius 1 is 1.25 bits per heavy atom. The molecule has 0 saturated carbocycles. The van der Waals surface area contributed by atoms with Crippen molar-refractivity contribution in [3.63, 3.8) is 0 Å². The van der Waals surface area contributed by atoms with Crippen LogP contribution in [-0.4, -0.2) is 17.4 Å². The van der Waals surface area contributed by atoms with E-state index in [1.165, 1.54) is 0 Å². The van der Waals surface area contributed by atoms with Crippen LogP contribution in [0, 0.1) is 6.92 Å². The molecule has 2 rings (SSSR count). The van der Waals surface area contributed by atoms with Crippen molar-refractivity contribution in [3.05, 3.63) is 36.0 Å². The molecule has 4 heteroatoms. The molecule has 2 aromatic rings. The zero-order valence-electron chi connectivity index (χ0n) is 11.9. The second kappa shape index (κ2) is 7.01. The van der Waals surface area contributed by atoms with Crippen LogP contribution in [0.4, 0.5) is 5.69 Å². The predicted molar refractivity (Wildman–Crippen MR) is 82.6 cm³/mol. The third kappa shape index (κ3) is 3.54. The van der Waals surface area contributed by atoms with Crippen molar-refractivity contribution < 1.29 is 4.79 Å². The maximum Gasteiger partial charge on any atom is 0.224 e. The second-order valence-electron chi connectivity index (χ2n) is 4.98. The van der Waals surface area contributed by atoms with Crippen LogP contribution in [0.25, 0.3) is 10.9 Å². The summed E-state index contributed by atoms with van der Waals surface area (Å²) in [5, 5.41) is 3.97. The number of rotatable bonds is 6. The number of pyridine rings is 1. The SMILES string of the molecule is Cc1ccc(NC(=O)CCCCCN)c2cccnc12. The van der Waals surface area contributed by atoms with E-state index in [-0.39, 0.29) is 5.91 Å². The Morgan fingerprint density at radius 2 is 2.10 bits per heavy atom. The molecule has 0 radical (unpaired) electrons. The minimum Gasteiger partial charge on any atom is -0.330 e. The number of hydrogen-bond donors (Lipinski definition) is 2. The number of hydrogen-bond acceptors (Lipinski definition) is 3. The highest BCUT2D eigenvalue weighted by molar-refractivity contribution is 6.01. The summed E-state index contributed by atoms with van der Waals surface area (Å²) >= 11 is 0. The summed E-state index contributed by atoms with van der Waals surface area (Å²) in [6, 6.07) is 7.80. The zero-order chi connectivity index (χ0) is 14.4. The highest BCUT2D eigenvalue weighted by Crippen LogP contribution is 2.24. The van der Waals surface area contributed by atoms with Gasteiger partial charge in [-0.2, -0.15) is 0 Å². The molecule has 0 unspecified atom stereocenters. The number of fused-ring (bicyclic) bond motifs is 1. The van der Waals surface area contributed by atoms with Gasteiger partial charge >= 0.3 is 0 Å². The smallest absolute Gasteiger partial charge is 0.224 e. The second-order valence-corrected chi connectivity index (χ2v) is 4.98. The van der Waals surface area contributed by atoms with Gasteiger partial charge in [-0.1, -0.05) is 12.5 Å². The van der Waals surface area contributed by atoms with E-state index in [0.29, 0.717) is 13.0 Å². The Bertz CT molecular complexity index is 595. The zero-order valence-corrected chi connectivity index (χ0v) is 11.9. The molecule has 0 aliphatic carbocycles. The number of aryl methyl sites for hydroxylation is 1. The number of carbonyl (C=O) groups excluding carboxylic acids is 1. The van der Waals surface area contributed by atoms with Crippen LogP contribution in [0.15, 0.2) is 30.5 Å². The Labute approximate surface area is 119 Å². The van der Waals surface area contributed by atoms with Crippen molar-refractivity contribution in [3.8, 4) is 0 Å². The van der Waals surface area contributed by atoms with E-state index in [0.717, 1.165) is 41.4 Å². The Balaban J connectivity index is 2.06. The molecule has 20 heavy (non-hydrogen) atoms. The number of amides is 1. The Hall–Kier alpha value is -1.94. The molecule has 0 saturated heterocycles. The predicted octanol–water partition coefficient (Wildman–Crippen LogP) is 3.00. The summed E-state index contributed by atoms with van der Waals surface area (Å²) in [4.78, 5) is 16.3. The quantitative estimate of drug-likeness (QED) is 0.794. The molecule has 0 bridgehead atoms. The minimum absolute atomic E-state index is 0.0519. The van der Waals surface area contributed by atoms with Gasteiger partial charge in [-0.15, -0.1) is 0 Å². The molecule has 1 aromatic heterocycles. The largest absolute Gasteiger partial charge is 0.330 e. The highest BCUT2D eigenvalue weighted by atomic mass is 16.1. The third-order valence-corrected chi connectivity index (χ3v) is 3.35.